The summed E-state index contributed by atoms with van der Waals surface area (Å²) in [5, 5.41) is 1.65. The van der Waals surface area contributed by atoms with Crippen molar-refractivity contribution in [2.45, 2.75) is 0 Å². The first-order valence-corrected chi connectivity index (χ1v) is 7.15. The van der Waals surface area contributed by atoms with Gasteiger partial charge in [-0.05, 0) is 28.6 Å². The maximum atomic E-state index is 12.5. The SMILES string of the molecule is O=C(Oc1ccccc1)C1=c2ccccc2=CC(=S)C1=S. The number of hydrogen-bond acceptors (Lipinski definition) is 4. The molecule has 102 valence electrons. The number of benzene rings is 2. The molecule has 2 aromatic carbocycles. The normalized spacial score (nSPS) is 13.4. The van der Waals surface area contributed by atoms with Gasteiger partial charge in [-0.3, -0.25) is 0 Å². The number of carbonyl (C=O) groups excluding carboxylic acids is 1. The maximum Gasteiger partial charge on any atom is 0.345 e. The minimum Gasteiger partial charge on any atom is -0.423 e. The molecule has 0 atom stereocenters. The Morgan fingerprint density at radius 3 is 2.33 bits per heavy atom. The number of carbonyl (C=O) groups is 1. The van der Waals surface area contributed by atoms with E-state index < -0.39 is 5.97 Å². The lowest BCUT2D eigenvalue weighted by atomic mass is 9.99. The molecule has 0 N–H and O–H groups in total. The number of esters is 1. The zero-order chi connectivity index (χ0) is 14.8. The van der Waals surface area contributed by atoms with Crippen LogP contribution in [0.1, 0.15) is 0 Å². The quantitative estimate of drug-likeness (QED) is 0.481. The van der Waals surface area contributed by atoms with Crippen LogP contribution in [-0.4, -0.2) is 15.7 Å². The van der Waals surface area contributed by atoms with Crippen molar-refractivity contribution in [3.8, 4) is 5.75 Å². The molecule has 0 heterocycles. The summed E-state index contributed by atoms with van der Waals surface area (Å²) in [7, 11) is 0. The molecule has 0 radical (unpaired) electrons. The van der Waals surface area contributed by atoms with Gasteiger partial charge in [0, 0.05) is 0 Å². The molecule has 0 saturated heterocycles. The zero-order valence-corrected chi connectivity index (χ0v) is 12.5. The van der Waals surface area contributed by atoms with E-state index in [0.29, 0.717) is 21.1 Å². The molecule has 2 aromatic rings. The van der Waals surface area contributed by atoms with Crippen molar-refractivity contribution in [3.63, 3.8) is 0 Å². The van der Waals surface area contributed by atoms with E-state index in [0.717, 1.165) is 10.4 Å². The van der Waals surface area contributed by atoms with Crippen LogP contribution in [0.25, 0.3) is 11.6 Å². The molecule has 1 aliphatic carbocycles. The Morgan fingerprint density at radius 1 is 0.905 bits per heavy atom. The van der Waals surface area contributed by atoms with Crippen molar-refractivity contribution in [3.05, 3.63) is 65.0 Å². The third-order valence-electron chi connectivity index (χ3n) is 3.13. The molecule has 3 rings (SSSR count). The lowest BCUT2D eigenvalue weighted by Gasteiger charge is -2.12. The minimum absolute atomic E-state index is 0.358. The predicted octanol–water partition coefficient (Wildman–Crippen LogP) is 1.98. The average molecular weight is 310 g/mol. The molecular weight excluding hydrogens is 300 g/mol. The summed E-state index contributed by atoms with van der Waals surface area (Å²) in [6.45, 7) is 0. The van der Waals surface area contributed by atoms with Crippen LogP contribution in [0.15, 0.2) is 54.6 Å². The third-order valence-corrected chi connectivity index (χ3v) is 4.00. The summed E-state index contributed by atoms with van der Waals surface area (Å²) >= 11 is 10.5. The van der Waals surface area contributed by atoms with Gasteiger partial charge in [-0.15, -0.1) is 0 Å². The fourth-order valence-electron chi connectivity index (χ4n) is 2.15. The predicted molar refractivity (Wildman–Crippen MR) is 90.8 cm³/mol. The van der Waals surface area contributed by atoms with Crippen LogP contribution in [0.2, 0.25) is 0 Å². The Labute approximate surface area is 132 Å². The first-order valence-electron chi connectivity index (χ1n) is 6.34. The largest absolute Gasteiger partial charge is 0.423 e. The summed E-state index contributed by atoms with van der Waals surface area (Å²) in [6.07, 6.45) is 1.81. The van der Waals surface area contributed by atoms with E-state index >= 15 is 0 Å². The topological polar surface area (TPSA) is 26.3 Å². The van der Waals surface area contributed by atoms with Crippen LogP contribution < -0.4 is 15.2 Å². The van der Waals surface area contributed by atoms with Gasteiger partial charge < -0.3 is 4.74 Å². The van der Waals surface area contributed by atoms with Gasteiger partial charge in [0.1, 0.15) is 5.75 Å². The Bertz CT molecular complexity index is 867. The first-order chi connectivity index (χ1) is 10.2. The second-order valence-corrected chi connectivity index (χ2v) is 5.35. The molecule has 1 aliphatic rings. The molecule has 0 amide bonds. The van der Waals surface area contributed by atoms with Crippen LogP contribution in [0, 0.1) is 0 Å². The highest BCUT2D eigenvalue weighted by molar-refractivity contribution is 7.91. The number of para-hydroxylation sites is 1. The van der Waals surface area contributed by atoms with Gasteiger partial charge in [0.2, 0.25) is 0 Å². The highest BCUT2D eigenvalue weighted by atomic mass is 32.1. The van der Waals surface area contributed by atoms with Crippen molar-refractivity contribution in [1.82, 2.24) is 0 Å². The molecule has 0 aromatic heterocycles. The van der Waals surface area contributed by atoms with Crippen molar-refractivity contribution in [2.75, 3.05) is 0 Å². The van der Waals surface area contributed by atoms with Crippen molar-refractivity contribution in [2.24, 2.45) is 0 Å². The molecule has 0 bridgehead atoms. The van der Waals surface area contributed by atoms with Crippen LogP contribution in [-0.2, 0) is 4.79 Å². The zero-order valence-electron chi connectivity index (χ0n) is 10.9. The fourth-order valence-corrected chi connectivity index (χ4v) is 2.63. The Kier molecular flexibility index (Phi) is 3.73. The second kappa shape index (κ2) is 5.68. The van der Waals surface area contributed by atoms with Crippen LogP contribution >= 0.6 is 24.4 Å². The Morgan fingerprint density at radius 2 is 1.57 bits per heavy atom. The molecule has 4 heteroatoms. The van der Waals surface area contributed by atoms with Gasteiger partial charge in [-0.1, -0.05) is 66.9 Å². The average Bonchev–Trinajstić information content (AvgIpc) is 2.49. The molecule has 0 saturated carbocycles. The smallest absolute Gasteiger partial charge is 0.345 e. The van der Waals surface area contributed by atoms with Crippen LogP contribution in [0.5, 0.6) is 5.75 Å². The number of fused-ring (bicyclic) bond motifs is 1. The molecule has 0 aliphatic heterocycles. The maximum absolute atomic E-state index is 12.5. The molecule has 2 nitrogen and oxygen atoms in total. The fraction of sp³-hybridized carbons (Fsp3) is 0. The van der Waals surface area contributed by atoms with Crippen molar-refractivity contribution < 1.29 is 9.53 Å². The van der Waals surface area contributed by atoms with Crippen LogP contribution in [0.3, 0.4) is 0 Å². The number of hydrogen-bond donors (Lipinski definition) is 0. The van der Waals surface area contributed by atoms with E-state index in [1.807, 2.05) is 36.4 Å². The molecule has 0 unspecified atom stereocenters. The van der Waals surface area contributed by atoms with E-state index in [4.69, 9.17) is 29.2 Å². The van der Waals surface area contributed by atoms with E-state index in [1.54, 1.807) is 24.3 Å². The van der Waals surface area contributed by atoms with Gasteiger partial charge in [0.25, 0.3) is 0 Å². The summed E-state index contributed by atoms with van der Waals surface area (Å²) < 4.78 is 5.39. The van der Waals surface area contributed by atoms with Crippen molar-refractivity contribution >= 4 is 51.8 Å². The minimum atomic E-state index is -0.478. The highest BCUT2D eigenvalue weighted by Gasteiger charge is 2.23. The Hall–Kier alpha value is -2.17. The summed E-state index contributed by atoms with van der Waals surface area (Å²) in [5.74, 6) is 0.00449. The summed E-state index contributed by atoms with van der Waals surface area (Å²) in [5.41, 5.74) is 0.358. The van der Waals surface area contributed by atoms with Crippen LogP contribution in [0.4, 0.5) is 0 Å². The summed E-state index contributed by atoms with van der Waals surface area (Å²) in [4.78, 5) is 13.3. The van der Waals surface area contributed by atoms with E-state index in [9.17, 15) is 4.79 Å². The number of ether oxygens (including phenoxy) is 1. The first kappa shape index (κ1) is 13.8. The van der Waals surface area contributed by atoms with Gasteiger partial charge in [-0.2, -0.15) is 0 Å². The van der Waals surface area contributed by atoms with E-state index in [-0.39, 0.29) is 0 Å². The van der Waals surface area contributed by atoms with E-state index in [1.165, 1.54) is 0 Å². The molecule has 0 spiro atoms. The molecule has 0 fully saturated rings. The lowest BCUT2D eigenvalue weighted by Crippen LogP contribution is -2.39. The molecule has 21 heavy (non-hydrogen) atoms. The third kappa shape index (κ3) is 2.68. The monoisotopic (exact) mass is 310 g/mol. The van der Waals surface area contributed by atoms with Crippen molar-refractivity contribution in [1.29, 1.82) is 0 Å². The van der Waals surface area contributed by atoms with Gasteiger partial charge in [0.05, 0.1) is 15.3 Å². The van der Waals surface area contributed by atoms with Gasteiger partial charge in [0.15, 0.2) is 0 Å². The lowest BCUT2D eigenvalue weighted by molar-refractivity contribution is -0.127. The number of thiocarbonyl (C=S) groups is 2. The van der Waals surface area contributed by atoms with E-state index in [2.05, 4.69) is 0 Å². The second-order valence-electron chi connectivity index (χ2n) is 4.50. The highest BCUT2D eigenvalue weighted by Crippen LogP contribution is 2.13. The number of rotatable bonds is 2. The van der Waals surface area contributed by atoms with Gasteiger partial charge in [-0.25, -0.2) is 4.79 Å². The Balaban J connectivity index is 2.12. The summed E-state index contributed by atoms with van der Waals surface area (Å²) in [6, 6.07) is 16.4. The molecular formula is C17H10O2S2. The van der Waals surface area contributed by atoms with Gasteiger partial charge >= 0.3 is 5.97 Å². The standard InChI is InChI=1S/C17H10O2S2/c18-17(19-12-7-2-1-3-8-12)15-13-9-5-4-6-11(13)10-14(20)16(15)21/h1-10H.